The molecular weight excluding hydrogens is 268 g/mol. The summed E-state index contributed by atoms with van der Waals surface area (Å²) in [6.07, 6.45) is 0. The van der Waals surface area contributed by atoms with Gasteiger partial charge in [0, 0.05) is 23.9 Å². The second-order valence-corrected chi connectivity index (χ2v) is 5.05. The summed E-state index contributed by atoms with van der Waals surface area (Å²) in [6.45, 7) is 0. The van der Waals surface area contributed by atoms with Crippen LogP contribution in [-0.2, 0) is 5.75 Å². The lowest BCUT2D eigenvalue weighted by Gasteiger charge is -2.05. The van der Waals surface area contributed by atoms with Crippen molar-refractivity contribution in [2.75, 3.05) is 18.1 Å². The van der Waals surface area contributed by atoms with Crippen LogP contribution in [0.25, 0.3) is 0 Å². The molecule has 4 nitrogen and oxygen atoms in total. The molecule has 0 aliphatic carbocycles. The second-order valence-electron chi connectivity index (χ2n) is 3.61. The lowest BCUT2D eigenvalue weighted by atomic mass is 10.2. The van der Waals surface area contributed by atoms with Crippen LogP contribution in [0.1, 0.15) is 5.56 Å². The van der Waals surface area contributed by atoms with E-state index in [-0.39, 0.29) is 5.95 Å². The number of nitrogen functional groups attached to an aromatic ring is 1. The molecule has 3 N–H and O–H groups in total. The van der Waals surface area contributed by atoms with E-state index in [1.165, 1.54) is 5.56 Å². The molecule has 1 aromatic heterocycles. The number of hydrogen-bond acceptors (Lipinski definition) is 5. The molecule has 0 saturated heterocycles. The Morgan fingerprint density at radius 1 is 1.28 bits per heavy atom. The first-order valence-corrected chi connectivity index (χ1v) is 6.73. The van der Waals surface area contributed by atoms with E-state index in [1.54, 1.807) is 18.8 Å². The SMILES string of the molecule is CNc1cc(SCc2ccc(Cl)cc2)nc(N)n1. The maximum atomic E-state index is 5.84. The molecule has 0 aliphatic heterocycles. The minimum absolute atomic E-state index is 0.278. The number of nitrogens with two attached hydrogens (primary N) is 1. The highest BCUT2D eigenvalue weighted by Crippen LogP contribution is 2.24. The summed E-state index contributed by atoms with van der Waals surface area (Å²) >= 11 is 7.45. The third-order valence-electron chi connectivity index (χ3n) is 2.28. The molecule has 2 aromatic rings. The topological polar surface area (TPSA) is 63.8 Å². The Labute approximate surface area is 115 Å². The lowest BCUT2D eigenvalue weighted by Crippen LogP contribution is -2.00. The Balaban J connectivity index is 2.05. The molecule has 0 aliphatic rings. The Bertz CT molecular complexity index is 530. The van der Waals surface area contributed by atoms with Crippen LogP contribution in [0.4, 0.5) is 11.8 Å². The third kappa shape index (κ3) is 3.51. The molecule has 1 aromatic carbocycles. The summed E-state index contributed by atoms with van der Waals surface area (Å²) in [5, 5.41) is 4.54. The molecule has 2 rings (SSSR count). The molecule has 0 fully saturated rings. The first-order valence-electron chi connectivity index (χ1n) is 5.37. The van der Waals surface area contributed by atoms with Crippen LogP contribution in [0.15, 0.2) is 35.4 Å². The van der Waals surface area contributed by atoms with E-state index in [1.807, 2.05) is 30.3 Å². The van der Waals surface area contributed by atoms with Crippen LogP contribution in [0.5, 0.6) is 0 Å². The zero-order valence-corrected chi connectivity index (χ0v) is 11.4. The molecule has 94 valence electrons. The molecule has 0 amide bonds. The largest absolute Gasteiger partial charge is 0.373 e. The van der Waals surface area contributed by atoms with Gasteiger partial charge in [0.2, 0.25) is 5.95 Å². The lowest BCUT2D eigenvalue weighted by molar-refractivity contribution is 1.06. The standard InChI is InChI=1S/C12H13ClN4S/c1-15-10-6-11(17-12(14)16-10)18-7-8-2-4-9(13)5-3-8/h2-6H,7H2,1H3,(H3,14,15,16,17). The summed E-state index contributed by atoms with van der Waals surface area (Å²) in [4.78, 5) is 8.22. The minimum Gasteiger partial charge on any atom is -0.373 e. The summed E-state index contributed by atoms with van der Waals surface area (Å²) in [6, 6.07) is 9.63. The van der Waals surface area contributed by atoms with Gasteiger partial charge in [-0.15, -0.1) is 11.8 Å². The van der Waals surface area contributed by atoms with Gasteiger partial charge < -0.3 is 11.1 Å². The summed E-state index contributed by atoms with van der Waals surface area (Å²) in [5.74, 6) is 1.82. The number of benzene rings is 1. The highest BCUT2D eigenvalue weighted by molar-refractivity contribution is 7.98. The van der Waals surface area contributed by atoms with Gasteiger partial charge >= 0.3 is 0 Å². The number of rotatable bonds is 4. The Morgan fingerprint density at radius 3 is 2.67 bits per heavy atom. The molecule has 0 radical (unpaired) electrons. The molecular formula is C12H13ClN4S. The van der Waals surface area contributed by atoms with Crippen molar-refractivity contribution in [2.45, 2.75) is 10.8 Å². The van der Waals surface area contributed by atoms with Crippen molar-refractivity contribution in [3.8, 4) is 0 Å². The summed E-state index contributed by atoms with van der Waals surface area (Å²) in [5.41, 5.74) is 6.82. The molecule has 18 heavy (non-hydrogen) atoms. The number of anilines is 2. The zero-order valence-electron chi connectivity index (χ0n) is 9.85. The predicted octanol–water partition coefficient (Wildman–Crippen LogP) is 3.05. The molecule has 6 heteroatoms. The average Bonchev–Trinajstić information content (AvgIpc) is 2.37. The maximum Gasteiger partial charge on any atom is 0.223 e. The number of halogens is 1. The fourth-order valence-corrected chi connectivity index (χ4v) is 2.37. The Kier molecular flexibility index (Phi) is 4.28. The van der Waals surface area contributed by atoms with E-state index in [9.17, 15) is 0 Å². The Morgan fingerprint density at radius 2 is 2.00 bits per heavy atom. The van der Waals surface area contributed by atoms with E-state index in [0.717, 1.165) is 21.6 Å². The van der Waals surface area contributed by atoms with Crippen LogP contribution in [-0.4, -0.2) is 17.0 Å². The van der Waals surface area contributed by atoms with Crippen LogP contribution in [0.3, 0.4) is 0 Å². The molecule has 0 saturated carbocycles. The average molecular weight is 281 g/mol. The molecule has 0 bridgehead atoms. The van der Waals surface area contributed by atoms with Crippen molar-refractivity contribution < 1.29 is 0 Å². The molecule has 0 unspecified atom stereocenters. The van der Waals surface area contributed by atoms with E-state index >= 15 is 0 Å². The first kappa shape index (κ1) is 13.0. The Hall–Kier alpha value is -1.46. The quantitative estimate of drug-likeness (QED) is 0.666. The van der Waals surface area contributed by atoms with Crippen LogP contribution < -0.4 is 11.1 Å². The number of nitrogens with zero attached hydrogens (tertiary/aromatic N) is 2. The minimum atomic E-state index is 0.278. The van der Waals surface area contributed by atoms with Gasteiger partial charge in [-0.1, -0.05) is 23.7 Å². The van der Waals surface area contributed by atoms with Crippen molar-refractivity contribution in [1.29, 1.82) is 0 Å². The van der Waals surface area contributed by atoms with Gasteiger partial charge in [-0.05, 0) is 17.7 Å². The van der Waals surface area contributed by atoms with Crippen molar-refractivity contribution >= 4 is 35.1 Å². The number of nitrogens with one attached hydrogen (secondary N) is 1. The predicted molar refractivity (Wildman–Crippen MR) is 77.0 cm³/mol. The van der Waals surface area contributed by atoms with Crippen LogP contribution >= 0.6 is 23.4 Å². The molecule has 0 atom stereocenters. The van der Waals surface area contributed by atoms with Gasteiger partial charge in [-0.25, -0.2) is 4.98 Å². The van der Waals surface area contributed by atoms with Crippen molar-refractivity contribution in [3.05, 3.63) is 40.9 Å². The van der Waals surface area contributed by atoms with Crippen molar-refractivity contribution in [1.82, 2.24) is 9.97 Å². The van der Waals surface area contributed by atoms with E-state index < -0.39 is 0 Å². The third-order valence-corrected chi connectivity index (χ3v) is 3.51. The van der Waals surface area contributed by atoms with E-state index in [0.29, 0.717) is 0 Å². The van der Waals surface area contributed by atoms with Gasteiger partial charge in [0.15, 0.2) is 0 Å². The second kappa shape index (κ2) is 5.93. The highest BCUT2D eigenvalue weighted by atomic mass is 35.5. The summed E-state index contributed by atoms with van der Waals surface area (Å²) in [7, 11) is 1.80. The van der Waals surface area contributed by atoms with Gasteiger partial charge in [0.05, 0.1) is 0 Å². The summed E-state index contributed by atoms with van der Waals surface area (Å²) < 4.78 is 0. The fourth-order valence-electron chi connectivity index (χ4n) is 1.38. The van der Waals surface area contributed by atoms with Gasteiger partial charge in [0.25, 0.3) is 0 Å². The fraction of sp³-hybridized carbons (Fsp3) is 0.167. The molecule has 1 heterocycles. The normalized spacial score (nSPS) is 10.3. The smallest absolute Gasteiger partial charge is 0.223 e. The number of hydrogen-bond donors (Lipinski definition) is 2. The number of thioether (sulfide) groups is 1. The van der Waals surface area contributed by atoms with Crippen molar-refractivity contribution in [3.63, 3.8) is 0 Å². The number of aromatic nitrogens is 2. The van der Waals surface area contributed by atoms with E-state index in [2.05, 4.69) is 15.3 Å². The monoisotopic (exact) mass is 280 g/mol. The van der Waals surface area contributed by atoms with Gasteiger partial charge in [-0.2, -0.15) is 4.98 Å². The first-order chi connectivity index (χ1) is 8.67. The zero-order chi connectivity index (χ0) is 13.0. The van der Waals surface area contributed by atoms with Gasteiger partial charge in [0.1, 0.15) is 10.8 Å². The van der Waals surface area contributed by atoms with Crippen LogP contribution in [0, 0.1) is 0 Å². The van der Waals surface area contributed by atoms with Gasteiger partial charge in [-0.3, -0.25) is 0 Å². The maximum absolute atomic E-state index is 5.84. The highest BCUT2D eigenvalue weighted by Gasteiger charge is 2.02. The molecule has 0 spiro atoms. The van der Waals surface area contributed by atoms with Crippen molar-refractivity contribution in [2.24, 2.45) is 0 Å². The van der Waals surface area contributed by atoms with E-state index in [4.69, 9.17) is 17.3 Å². The van der Waals surface area contributed by atoms with Crippen LogP contribution in [0.2, 0.25) is 5.02 Å².